The molecule has 1 spiro atoms. The van der Waals surface area contributed by atoms with Crippen molar-refractivity contribution in [2.45, 2.75) is 152 Å². The van der Waals surface area contributed by atoms with Gasteiger partial charge in [0.15, 0.2) is 11.7 Å². The highest BCUT2D eigenvalue weighted by Gasteiger charge is 2.64. The molecule has 3 aliphatic heterocycles. The molecule has 1 amide bonds. The zero-order valence-corrected chi connectivity index (χ0v) is 48.7. The highest BCUT2D eigenvalue weighted by Crippen LogP contribution is 2.63. The average molecular weight is 1140 g/mol. The Hall–Kier alpha value is -6.23. The molecule has 2 aliphatic carbocycles. The maximum atomic E-state index is 15.2. The number of nitrogens with zero attached hydrogens (tertiary/aromatic N) is 1. The summed E-state index contributed by atoms with van der Waals surface area (Å²) in [4.78, 5) is 33.9. The van der Waals surface area contributed by atoms with Gasteiger partial charge in [-0.25, -0.2) is 0 Å². The number of aliphatic imine (C=N–C) groups is 1. The molecule has 16 heteroatoms. The molecule has 0 radical (unpaired) electrons. The van der Waals surface area contributed by atoms with Crippen molar-refractivity contribution in [3.8, 4) is 17.6 Å². The van der Waals surface area contributed by atoms with Gasteiger partial charge in [-0.05, 0) is 172 Å². The largest absolute Gasteiger partial charge is 0.508 e. The molecule has 2 fully saturated rings. The smallest absolute Gasteiger partial charge is 0.243 e. The van der Waals surface area contributed by atoms with E-state index in [1.807, 2.05) is 74.5 Å². The van der Waals surface area contributed by atoms with Crippen LogP contribution in [0.4, 0.5) is 0 Å². The number of hydrogen-bond acceptors (Lipinski definition) is 13. The summed E-state index contributed by atoms with van der Waals surface area (Å²) < 4.78 is 6.26. The highest BCUT2D eigenvalue weighted by molar-refractivity contribution is 5.98. The molecule has 3 aromatic carbocycles. The van der Waals surface area contributed by atoms with Crippen LogP contribution in [0.3, 0.4) is 0 Å². The first-order chi connectivity index (χ1) is 39.8. The minimum atomic E-state index is -1.39. The Kier molecular flexibility index (Phi) is 21.6. The zero-order chi connectivity index (χ0) is 59.4. The molecule has 12 atom stereocenters. The number of carbonyl (C=O) groups is 2. The van der Waals surface area contributed by atoms with E-state index in [4.69, 9.17) is 21.9 Å². The third-order valence-electron chi connectivity index (χ3n) is 18.6. The van der Waals surface area contributed by atoms with Crippen molar-refractivity contribution < 1.29 is 45.0 Å². The molecule has 15 N–H and O–H groups in total. The van der Waals surface area contributed by atoms with Crippen LogP contribution in [0.5, 0.6) is 5.75 Å². The number of Topliss-reactive ketones (excluding diaryl/α,β-unsaturated/α-hetero) is 1. The number of amides is 1. The van der Waals surface area contributed by atoms with Crippen molar-refractivity contribution >= 4 is 17.6 Å². The van der Waals surface area contributed by atoms with E-state index in [9.17, 15) is 35.4 Å². The predicted octanol–water partition coefficient (Wildman–Crippen LogP) is 5.96. The lowest BCUT2D eigenvalue weighted by atomic mass is 9.52. The van der Waals surface area contributed by atoms with E-state index in [1.54, 1.807) is 24.3 Å². The molecule has 5 aliphatic rings. The van der Waals surface area contributed by atoms with Crippen LogP contribution in [0.25, 0.3) is 0 Å². The van der Waals surface area contributed by atoms with Crippen LogP contribution >= 0.6 is 0 Å². The number of ether oxygens (including phenoxy) is 1. The normalized spacial score (nSPS) is 31.7. The van der Waals surface area contributed by atoms with Crippen LogP contribution in [0.1, 0.15) is 136 Å². The molecule has 446 valence electrons. The number of guanidine groups is 1. The summed E-state index contributed by atoms with van der Waals surface area (Å²) >= 11 is 0. The quantitative estimate of drug-likeness (QED) is 0.0367. The number of aliphatic hydroxyl groups is 5. The van der Waals surface area contributed by atoms with Crippen molar-refractivity contribution in [2.24, 2.45) is 45.4 Å². The van der Waals surface area contributed by atoms with Gasteiger partial charge in [0.25, 0.3) is 0 Å². The van der Waals surface area contributed by atoms with Gasteiger partial charge in [-0.1, -0.05) is 108 Å². The number of hydrogen-bond donors (Lipinski definition) is 12. The number of aromatic hydroxyl groups is 1. The first kappa shape index (κ1) is 62.8. The summed E-state index contributed by atoms with van der Waals surface area (Å²) in [6.07, 6.45) is 9.94. The van der Waals surface area contributed by atoms with Gasteiger partial charge < -0.3 is 63.2 Å². The number of phenolic OH excluding ortho intramolecular Hbond substituents is 1. The number of unbranched alkanes of at least 4 members (excludes halogenated alkanes) is 1. The summed E-state index contributed by atoms with van der Waals surface area (Å²) in [6, 6.07) is 19.1. The SMILES string of the molecule is C=C1/C=C/C=C(\[C@H]2CC[C@@]3([C@@H]4CC[C@H](O)Cc5cccc(c5)C[C@H]([C@H](CN=C(N)N)c5ccc(O)cc5)[C@H](O)CN[C@H]5C(=O)N[C@@H](N)c6cccc(c65)CC(=O)C(C)=C4CC[C@@]3(C)O)[C@@H]2O)COCC#CC/C(C)=C/C[C@@H]1NCCCCO. The van der Waals surface area contributed by atoms with Gasteiger partial charge in [0, 0.05) is 55.8 Å². The predicted molar refractivity (Wildman–Crippen MR) is 324 cm³/mol. The van der Waals surface area contributed by atoms with Gasteiger partial charge in [-0.15, -0.1) is 0 Å². The number of benzene rings is 3. The molecule has 0 saturated heterocycles. The van der Waals surface area contributed by atoms with E-state index < -0.39 is 71.1 Å². The topological polar surface area (TPSA) is 291 Å². The Morgan fingerprint density at radius 3 is 2.49 bits per heavy atom. The van der Waals surface area contributed by atoms with Crippen molar-refractivity contribution in [3.63, 3.8) is 0 Å². The van der Waals surface area contributed by atoms with Crippen molar-refractivity contribution in [1.82, 2.24) is 16.0 Å². The minimum absolute atomic E-state index is 0.0483. The first-order valence-corrected chi connectivity index (χ1v) is 29.7. The third-order valence-corrected chi connectivity index (χ3v) is 18.6. The zero-order valence-electron chi connectivity index (χ0n) is 48.7. The Morgan fingerprint density at radius 1 is 0.976 bits per heavy atom. The number of carbonyl (C=O) groups excluding carboxylic acids is 2. The number of nitrogens with two attached hydrogens (primary N) is 3. The van der Waals surface area contributed by atoms with Crippen LogP contribution in [0.15, 0.2) is 130 Å². The molecule has 3 heterocycles. The van der Waals surface area contributed by atoms with Crippen LogP contribution in [-0.4, -0.2) is 118 Å². The number of phenols is 1. The summed E-state index contributed by atoms with van der Waals surface area (Å²) in [7, 11) is 0. The summed E-state index contributed by atoms with van der Waals surface area (Å²) in [5.41, 5.74) is 24.5. The molecule has 16 nitrogen and oxygen atoms in total. The van der Waals surface area contributed by atoms with Crippen molar-refractivity contribution in [3.05, 3.63) is 159 Å². The first-order valence-electron chi connectivity index (χ1n) is 29.7. The molecule has 8 rings (SSSR count). The number of β-amino-alcohol motifs (C(OH)–C–C–N with tert-alkyl or cyclic N) is 1. The number of nitrogens with one attached hydrogen (secondary N) is 3. The summed E-state index contributed by atoms with van der Waals surface area (Å²) in [5.74, 6) is 3.77. The second kappa shape index (κ2) is 28.6. The Balaban J connectivity index is 1.19. The van der Waals surface area contributed by atoms with E-state index in [2.05, 4.69) is 52.4 Å². The van der Waals surface area contributed by atoms with E-state index in [0.717, 1.165) is 58.4 Å². The van der Waals surface area contributed by atoms with Crippen molar-refractivity contribution in [2.75, 3.05) is 39.5 Å². The van der Waals surface area contributed by atoms with Gasteiger partial charge >= 0.3 is 0 Å². The molecule has 0 aromatic heterocycles. The van der Waals surface area contributed by atoms with Crippen molar-refractivity contribution in [1.29, 1.82) is 0 Å². The number of aliphatic hydroxyl groups excluding tert-OH is 4. The van der Waals surface area contributed by atoms with E-state index in [-0.39, 0.29) is 75.7 Å². The van der Waals surface area contributed by atoms with Gasteiger partial charge in [-0.2, -0.15) is 0 Å². The lowest BCUT2D eigenvalue weighted by Gasteiger charge is -2.56. The summed E-state index contributed by atoms with van der Waals surface area (Å²) in [6.45, 7) is 11.5. The third kappa shape index (κ3) is 15.0. The molecule has 2 bridgehead atoms. The van der Waals surface area contributed by atoms with Gasteiger partial charge in [0.05, 0.1) is 30.5 Å². The van der Waals surface area contributed by atoms with Gasteiger partial charge in [-0.3, -0.25) is 19.9 Å². The molecule has 2 saturated carbocycles. The number of rotatable bonds is 10. The fraction of sp³-hybridized carbons (Fsp3) is 0.507. The molecule has 83 heavy (non-hydrogen) atoms. The standard InChI is InChI=1S/C67H89N7O9/c1-41-12-5-8-33-83-40-48(17-9-13-42(2)57(26-19-41)71-31-6-7-32-75)52-28-30-67(62(52)80)56-25-24-50(77)35-44-14-10-15-45(34-44)36-54(55(38-73-65(69)70)46-20-22-49(76)23-21-46)59(79)39-72-61-60-47(16-11-18-53(60)63(68)74-64(61)81)37-58(78)43(3)51(56)27-29-66(67,4)82/h9-11,13-23,34,50,52,54-57,59,61-63,71-72,75-77,79-80,82H,2,6-7,12,24-33,35-40,68H2,1,3-4H3,(H,74,81)(H4,69,70,73)/b13-9+,41-19+,48-17-,51-43?/t50-,52+,54+,55+,56+,57-,59+,61+,62+,63+,66+,67+/m0/s1. The lowest BCUT2D eigenvalue weighted by Crippen LogP contribution is -2.59. The molecular weight excluding hydrogens is 1050 g/mol. The van der Waals surface area contributed by atoms with E-state index in [0.29, 0.717) is 73.6 Å². The second-order valence-electron chi connectivity index (χ2n) is 24.0. The fourth-order valence-electron chi connectivity index (χ4n) is 14.0. The van der Waals surface area contributed by atoms with Crippen LogP contribution in [-0.2, 0) is 33.6 Å². The summed E-state index contributed by atoms with van der Waals surface area (Å²) in [5, 5.41) is 80.5. The molecule has 3 aromatic rings. The Morgan fingerprint density at radius 2 is 1.73 bits per heavy atom. The van der Waals surface area contributed by atoms with Crippen LogP contribution < -0.4 is 33.2 Å². The number of allylic oxidation sites excluding steroid dienone is 5. The lowest BCUT2D eigenvalue weighted by molar-refractivity contribution is -0.168. The number of ketones is 1. The van der Waals surface area contributed by atoms with E-state index in [1.165, 1.54) is 0 Å². The van der Waals surface area contributed by atoms with Gasteiger partial charge in [0.1, 0.15) is 24.6 Å². The maximum absolute atomic E-state index is 15.2. The minimum Gasteiger partial charge on any atom is -0.508 e. The highest BCUT2D eigenvalue weighted by atomic mass is 16.5. The fourth-order valence-corrected chi connectivity index (χ4v) is 14.0. The Bertz CT molecular complexity index is 3000. The maximum Gasteiger partial charge on any atom is 0.243 e. The van der Waals surface area contributed by atoms with E-state index >= 15 is 4.79 Å². The average Bonchev–Trinajstić information content (AvgIpc) is 1.91. The Labute approximate surface area is 490 Å². The van der Waals surface area contributed by atoms with Crippen LogP contribution in [0.2, 0.25) is 0 Å². The molecular formula is C67H89N7O9. The number of fused-ring (bicyclic) bond motifs is 4. The molecule has 0 unspecified atom stereocenters. The van der Waals surface area contributed by atoms with Crippen LogP contribution in [0, 0.1) is 35.0 Å². The van der Waals surface area contributed by atoms with Gasteiger partial charge in [0.2, 0.25) is 5.91 Å². The second-order valence-corrected chi connectivity index (χ2v) is 24.0. The monoisotopic (exact) mass is 1140 g/mol.